The molecule has 0 fully saturated rings. The van der Waals surface area contributed by atoms with Gasteiger partial charge in [0.25, 0.3) is 11.6 Å². The highest BCUT2D eigenvalue weighted by molar-refractivity contribution is 7.89. The fourth-order valence-electron chi connectivity index (χ4n) is 5.55. The van der Waals surface area contributed by atoms with Gasteiger partial charge in [0, 0.05) is 63.6 Å². The number of carbonyl (C=O) groups is 3. The van der Waals surface area contributed by atoms with Crippen molar-refractivity contribution >= 4 is 44.8 Å². The number of rotatable bonds is 14. The van der Waals surface area contributed by atoms with Crippen molar-refractivity contribution in [2.45, 2.75) is 51.7 Å². The first-order chi connectivity index (χ1) is 22.7. The Labute approximate surface area is 280 Å². The number of para-hydroxylation sites is 1. The summed E-state index contributed by atoms with van der Waals surface area (Å²) in [4.78, 5) is 50.7. The summed E-state index contributed by atoms with van der Waals surface area (Å²) in [5.74, 6) is -1.01. The maximum atomic E-state index is 13.6. The van der Waals surface area contributed by atoms with E-state index in [1.54, 1.807) is 49.0 Å². The third-order valence-electron chi connectivity index (χ3n) is 8.02. The van der Waals surface area contributed by atoms with Gasteiger partial charge in [0.1, 0.15) is 0 Å². The van der Waals surface area contributed by atoms with Crippen LogP contribution in [0, 0.1) is 17.0 Å². The Kier molecular flexibility index (Phi) is 11.5. The second-order valence-corrected chi connectivity index (χ2v) is 13.7. The molecule has 2 N–H and O–H groups in total. The quantitative estimate of drug-likeness (QED) is 0.192. The second-order valence-electron chi connectivity index (χ2n) is 11.8. The van der Waals surface area contributed by atoms with Crippen LogP contribution in [0.5, 0.6) is 0 Å². The van der Waals surface area contributed by atoms with Gasteiger partial charge in [0.2, 0.25) is 21.8 Å². The average Bonchev–Trinajstić information content (AvgIpc) is 3.47. The van der Waals surface area contributed by atoms with E-state index in [9.17, 15) is 32.9 Å². The fourth-order valence-corrected chi connectivity index (χ4v) is 7.35. The number of amides is 3. The molecule has 256 valence electrons. The molecule has 0 saturated carbocycles. The summed E-state index contributed by atoms with van der Waals surface area (Å²) in [6.07, 6.45) is 0. The summed E-state index contributed by atoms with van der Waals surface area (Å²) in [5.41, 5.74) is 3.55. The lowest BCUT2D eigenvalue weighted by Crippen LogP contribution is -2.49. The zero-order valence-electron chi connectivity index (χ0n) is 27.7. The van der Waals surface area contributed by atoms with Crippen LogP contribution in [0.1, 0.15) is 37.5 Å². The summed E-state index contributed by atoms with van der Waals surface area (Å²) < 4.78 is 28.0. The van der Waals surface area contributed by atoms with E-state index in [4.69, 9.17) is 0 Å². The van der Waals surface area contributed by atoms with Crippen molar-refractivity contribution in [2.24, 2.45) is 0 Å². The lowest BCUT2D eigenvalue weighted by molar-refractivity contribution is -0.387. The summed E-state index contributed by atoms with van der Waals surface area (Å²) >= 11 is 0. The molecule has 14 nitrogen and oxygen atoms in total. The van der Waals surface area contributed by atoms with Gasteiger partial charge in [0.15, 0.2) is 4.90 Å². The number of hydrazine groups is 1. The van der Waals surface area contributed by atoms with E-state index in [0.29, 0.717) is 24.5 Å². The number of nitro groups is 1. The fraction of sp³-hybridized carbons (Fsp3) is 0.364. The van der Waals surface area contributed by atoms with Gasteiger partial charge < -0.3 is 15.5 Å². The molecule has 0 bridgehead atoms. The van der Waals surface area contributed by atoms with Crippen LogP contribution < -0.4 is 15.5 Å². The molecule has 3 aromatic carbocycles. The highest BCUT2D eigenvalue weighted by Gasteiger charge is 2.33. The van der Waals surface area contributed by atoms with E-state index in [2.05, 4.69) is 10.6 Å². The van der Waals surface area contributed by atoms with Gasteiger partial charge in [-0.3, -0.25) is 29.5 Å². The SMILES string of the molecule is CC(=O)Nc1ccc(C)c(N(CC(=O)NCCN(C(C)C)S(=O)(=O)c2ccccc2[N+](=O)[O-])CC(=O)N(C)N2Cc3ccccc3C2)c1. The van der Waals surface area contributed by atoms with Gasteiger partial charge in [-0.1, -0.05) is 42.5 Å². The number of fused-ring (bicyclic) bond motifs is 1. The molecule has 0 saturated heterocycles. The normalized spacial score (nSPS) is 12.9. The molecule has 0 aromatic heterocycles. The van der Waals surface area contributed by atoms with Crippen LogP contribution >= 0.6 is 0 Å². The van der Waals surface area contributed by atoms with Crippen LogP contribution in [-0.4, -0.2) is 84.7 Å². The minimum absolute atomic E-state index is 0.0878. The van der Waals surface area contributed by atoms with Gasteiger partial charge in [-0.25, -0.2) is 13.4 Å². The predicted octanol–water partition coefficient (Wildman–Crippen LogP) is 3.27. The molecule has 1 heterocycles. The predicted molar refractivity (Wildman–Crippen MR) is 181 cm³/mol. The van der Waals surface area contributed by atoms with Crippen molar-refractivity contribution in [3.63, 3.8) is 0 Å². The maximum Gasteiger partial charge on any atom is 0.289 e. The lowest BCUT2D eigenvalue weighted by Gasteiger charge is -2.32. The molecule has 48 heavy (non-hydrogen) atoms. The van der Waals surface area contributed by atoms with E-state index in [-0.39, 0.29) is 38.0 Å². The number of hydrogen-bond acceptors (Lipinski definition) is 9. The number of sulfonamides is 1. The Morgan fingerprint density at radius 2 is 1.60 bits per heavy atom. The molecule has 3 aromatic rings. The van der Waals surface area contributed by atoms with Gasteiger partial charge in [-0.2, -0.15) is 4.31 Å². The van der Waals surface area contributed by atoms with E-state index < -0.39 is 37.5 Å². The third kappa shape index (κ3) is 8.53. The van der Waals surface area contributed by atoms with Crippen molar-refractivity contribution < 1.29 is 27.7 Å². The first kappa shape index (κ1) is 36.0. The minimum Gasteiger partial charge on any atom is -0.353 e. The highest BCUT2D eigenvalue weighted by Crippen LogP contribution is 2.28. The van der Waals surface area contributed by atoms with Crippen LogP contribution in [0.25, 0.3) is 0 Å². The number of aryl methyl sites for hydroxylation is 1. The molecule has 0 radical (unpaired) electrons. The highest BCUT2D eigenvalue weighted by atomic mass is 32.2. The van der Waals surface area contributed by atoms with E-state index in [0.717, 1.165) is 27.1 Å². The molecular formula is C33H41N7O7S. The number of benzene rings is 3. The number of likely N-dealkylation sites (N-methyl/N-ethyl adjacent to an activating group) is 1. The summed E-state index contributed by atoms with van der Waals surface area (Å²) in [6.45, 7) is 6.98. The Morgan fingerprint density at radius 3 is 2.21 bits per heavy atom. The summed E-state index contributed by atoms with van der Waals surface area (Å²) in [5, 5.41) is 20.5. The Bertz CT molecular complexity index is 1770. The topological polar surface area (TPSA) is 166 Å². The van der Waals surface area contributed by atoms with Gasteiger partial charge in [-0.15, -0.1) is 0 Å². The smallest absolute Gasteiger partial charge is 0.289 e. The van der Waals surface area contributed by atoms with Gasteiger partial charge in [-0.05, 0) is 55.7 Å². The maximum absolute atomic E-state index is 13.6. The van der Waals surface area contributed by atoms with E-state index in [1.165, 1.54) is 25.1 Å². The molecule has 0 aliphatic carbocycles. The number of carbonyl (C=O) groups excluding carboxylic acids is 3. The van der Waals surface area contributed by atoms with Crippen molar-refractivity contribution in [1.29, 1.82) is 0 Å². The first-order valence-corrected chi connectivity index (χ1v) is 16.9. The van der Waals surface area contributed by atoms with Crippen LogP contribution in [0.4, 0.5) is 17.1 Å². The minimum atomic E-state index is -4.27. The molecule has 3 amide bonds. The number of nitro benzene ring substituents is 1. The molecule has 15 heteroatoms. The number of hydrogen-bond donors (Lipinski definition) is 2. The second kappa shape index (κ2) is 15.4. The zero-order chi connectivity index (χ0) is 35.2. The number of nitrogens with one attached hydrogen (secondary N) is 2. The molecule has 1 aliphatic rings. The summed E-state index contributed by atoms with van der Waals surface area (Å²) in [6, 6.07) is 17.7. The van der Waals surface area contributed by atoms with Crippen molar-refractivity contribution in [2.75, 3.05) is 43.4 Å². The van der Waals surface area contributed by atoms with E-state index in [1.807, 2.05) is 36.2 Å². The monoisotopic (exact) mass is 679 g/mol. The molecule has 4 rings (SSSR count). The van der Waals surface area contributed by atoms with Crippen LogP contribution in [0.15, 0.2) is 71.6 Å². The van der Waals surface area contributed by atoms with Gasteiger partial charge >= 0.3 is 0 Å². The third-order valence-corrected chi connectivity index (χ3v) is 10.1. The Hall–Kier alpha value is -4.86. The lowest BCUT2D eigenvalue weighted by atomic mass is 10.1. The van der Waals surface area contributed by atoms with Crippen molar-refractivity contribution in [3.8, 4) is 0 Å². The van der Waals surface area contributed by atoms with Gasteiger partial charge in [0.05, 0.1) is 18.0 Å². The van der Waals surface area contributed by atoms with E-state index >= 15 is 0 Å². The molecule has 0 spiro atoms. The molecule has 0 unspecified atom stereocenters. The Morgan fingerprint density at radius 1 is 0.979 bits per heavy atom. The molecular weight excluding hydrogens is 638 g/mol. The van der Waals surface area contributed by atoms with Crippen LogP contribution in [0.2, 0.25) is 0 Å². The molecule has 0 atom stereocenters. The largest absolute Gasteiger partial charge is 0.353 e. The number of anilines is 2. The standard InChI is InChI=1S/C33H41N7O7S/c1-23(2)39(48(46,47)31-13-9-8-12-29(31)40(44)45)17-16-34-32(42)21-37(30-18-28(35-25(4)41)15-14-24(30)3)22-33(43)36(5)38-19-26-10-6-7-11-27(26)20-38/h6-15,18,23H,16-17,19-22H2,1-5H3,(H,34,42)(H,35,41). The van der Waals surface area contributed by atoms with Crippen LogP contribution in [0.3, 0.4) is 0 Å². The van der Waals surface area contributed by atoms with Crippen LogP contribution in [-0.2, 0) is 37.5 Å². The summed E-state index contributed by atoms with van der Waals surface area (Å²) in [7, 11) is -2.59. The molecule has 1 aliphatic heterocycles. The van der Waals surface area contributed by atoms with Crippen molar-refractivity contribution in [1.82, 2.24) is 19.6 Å². The van der Waals surface area contributed by atoms with Crippen molar-refractivity contribution in [3.05, 3.63) is 93.5 Å². The zero-order valence-corrected chi connectivity index (χ0v) is 28.5. The average molecular weight is 680 g/mol. The first-order valence-electron chi connectivity index (χ1n) is 15.4. The Balaban J connectivity index is 1.50. The number of nitrogens with zero attached hydrogens (tertiary/aromatic N) is 5.